The number of rotatable bonds is 12. The van der Waals surface area contributed by atoms with Gasteiger partial charge in [0.25, 0.3) is 0 Å². The molecule has 0 radical (unpaired) electrons. The molecule has 0 fully saturated rings. The smallest absolute Gasteiger partial charge is 0.386 e. The molecule has 13 heteroatoms. The Labute approximate surface area is 233 Å². The van der Waals surface area contributed by atoms with Crippen LogP contribution in [0.1, 0.15) is 24.4 Å². The van der Waals surface area contributed by atoms with Crippen molar-refractivity contribution in [1.29, 1.82) is 0 Å². The molecular formula is C28H28F3N5O5. The van der Waals surface area contributed by atoms with Gasteiger partial charge in [-0.2, -0.15) is 13.2 Å². The first-order valence-corrected chi connectivity index (χ1v) is 12.5. The summed E-state index contributed by atoms with van der Waals surface area (Å²) in [6, 6.07) is 19.6. The van der Waals surface area contributed by atoms with Crippen LogP contribution < -0.4 is 21.3 Å². The number of esters is 2. The Kier molecular flexibility index (Phi) is 11.2. The van der Waals surface area contributed by atoms with Crippen LogP contribution in [0.25, 0.3) is 11.1 Å². The number of pyridine rings is 1. The monoisotopic (exact) mass is 571 g/mol. The van der Waals surface area contributed by atoms with E-state index in [9.17, 15) is 32.3 Å². The van der Waals surface area contributed by atoms with Crippen LogP contribution in [0, 0.1) is 0 Å². The van der Waals surface area contributed by atoms with Crippen LogP contribution in [0.15, 0.2) is 79.0 Å². The van der Waals surface area contributed by atoms with Crippen molar-refractivity contribution in [2.24, 2.45) is 0 Å². The minimum atomic E-state index is -5.35. The van der Waals surface area contributed by atoms with Gasteiger partial charge < -0.3 is 26.0 Å². The third-order valence-electron chi connectivity index (χ3n) is 5.58. The highest BCUT2D eigenvalue weighted by Crippen LogP contribution is 2.24. The highest BCUT2D eigenvalue weighted by Gasteiger charge is 2.42. The number of halogens is 3. The zero-order valence-electron chi connectivity index (χ0n) is 21.7. The van der Waals surface area contributed by atoms with Crippen molar-refractivity contribution in [3.8, 4) is 11.1 Å². The van der Waals surface area contributed by atoms with Gasteiger partial charge >= 0.3 is 24.1 Å². The van der Waals surface area contributed by atoms with Crippen LogP contribution in [0.5, 0.6) is 0 Å². The van der Waals surface area contributed by atoms with Crippen molar-refractivity contribution in [2.75, 3.05) is 25.0 Å². The Balaban J connectivity index is 1.53. The quantitative estimate of drug-likeness (QED) is 0.148. The highest BCUT2D eigenvalue weighted by atomic mass is 19.4. The third kappa shape index (κ3) is 10.6. The van der Waals surface area contributed by atoms with Gasteiger partial charge in [0.1, 0.15) is 5.82 Å². The molecule has 3 rings (SSSR count). The van der Waals surface area contributed by atoms with Crippen LogP contribution in [0.4, 0.5) is 23.8 Å². The Morgan fingerprint density at radius 2 is 1.51 bits per heavy atom. The molecule has 0 aliphatic carbocycles. The normalized spacial score (nSPS) is 11.6. The molecule has 1 heterocycles. The number of aromatic nitrogens is 1. The van der Waals surface area contributed by atoms with Crippen molar-refractivity contribution >= 4 is 29.7 Å². The second-order valence-corrected chi connectivity index (χ2v) is 8.68. The molecule has 4 N–H and O–H groups in total. The summed E-state index contributed by atoms with van der Waals surface area (Å²) in [6.07, 6.45) is -3.88. The van der Waals surface area contributed by atoms with E-state index in [0.29, 0.717) is 30.9 Å². The van der Waals surface area contributed by atoms with E-state index in [1.165, 1.54) is 0 Å². The molecule has 0 spiro atoms. The zero-order chi connectivity index (χ0) is 29.7. The molecule has 3 amide bonds. The van der Waals surface area contributed by atoms with Crippen LogP contribution in [-0.4, -0.2) is 54.7 Å². The zero-order valence-corrected chi connectivity index (χ0v) is 21.7. The molecule has 3 aromatic rings. The van der Waals surface area contributed by atoms with E-state index in [-0.39, 0.29) is 0 Å². The third-order valence-corrected chi connectivity index (χ3v) is 5.58. The van der Waals surface area contributed by atoms with E-state index >= 15 is 0 Å². The lowest BCUT2D eigenvalue weighted by Gasteiger charge is -2.19. The average molecular weight is 572 g/mol. The van der Waals surface area contributed by atoms with Crippen molar-refractivity contribution in [3.05, 3.63) is 84.6 Å². The van der Waals surface area contributed by atoms with Crippen LogP contribution in [0.2, 0.25) is 0 Å². The topological polar surface area (TPSA) is 139 Å². The summed E-state index contributed by atoms with van der Waals surface area (Å²) in [6.45, 7) is 0.380. The van der Waals surface area contributed by atoms with Gasteiger partial charge in [-0.15, -0.1) is 0 Å². The number of carbonyl (C=O) groups is 4. The molecule has 41 heavy (non-hydrogen) atoms. The van der Waals surface area contributed by atoms with Gasteiger partial charge in [0.2, 0.25) is 5.91 Å². The van der Waals surface area contributed by atoms with E-state index in [2.05, 4.69) is 31.0 Å². The Morgan fingerprint density at radius 1 is 0.829 bits per heavy atom. The molecule has 0 aliphatic heterocycles. The molecule has 1 atom stereocenters. The first kappa shape index (κ1) is 30.6. The van der Waals surface area contributed by atoms with Gasteiger partial charge in [-0.25, -0.2) is 14.6 Å². The van der Waals surface area contributed by atoms with E-state index in [1.807, 2.05) is 36.4 Å². The number of hydrogen-bond acceptors (Lipinski definition) is 7. The van der Waals surface area contributed by atoms with Gasteiger partial charge in [0.15, 0.2) is 0 Å². The minimum Gasteiger partial charge on any atom is -0.386 e. The summed E-state index contributed by atoms with van der Waals surface area (Å²) in [4.78, 5) is 51.9. The molecule has 0 aliphatic rings. The van der Waals surface area contributed by atoms with Crippen LogP contribution >= 0.6 is 0 Å². The number of nitrogens with zero attached hydrogens (tertiary/aromatic N) is 1. The highest BCUT2D eigenvalue weighted by molar-refractivity contribution is 5.89. The number of alkyl halides is 3. The maximum absolute atomic E-state index is 12.5. The molecular weight excluding hydrogens is 543 g/mol. The fraction of sp³-hybridized carbons (Fsp3) is 0.250. The van der Waals surface area contributed by atoms with Crippen molar-refractivity contribution in [1.82, 2.24) is 20.9 Å². The minimum absolute atomic E-state index is 0.308. The van der Waals surface area contributed by atoms with Gasteiger partial charge in [-0.3, -0.25) is 9.59 Å². The lowest BCUT2D eigenvalue weighted by molar-refractivity contribution is -0.202. The van der Waals surface area contributed by atoms with E-state index in [1.54, 1.807) is 42.6 Å². The number of anilines is 1. The Hall–Kier alpha value is -4.94. The first-order valence-electron chi connectivity index (χ1n) is 12.5. The Morgan fingerprint density at radius 3 is 2.17 bits per heavy atom. The van der Waals surface area contributed by atoms with Crippen LogP contribution in [-0.2, 0) is 19.1 Å². The maximum atomic E-state index is 12.5. The fourth-order valence-electron chi connectivity index (χ4n) is 3.60. The second kappa shape index (κ2) is 15.0. The SMILES string of the molecule is O=C(CNC(=O)NCCCNc1ccccn1)NC(CC(=O)OC(=O)C(F)(F)F)c1ccc(-c2ccccc2)cc1. The standard InChI is InChI=1S/C28H28F3N5O5/c29-28(30,31)26(39)41-25(38)17-22(21-12-10-20(11-13-21)19-7-2-1-3-8-19)36-24(37)18-35-27(40)34-16-6-15-33-23-9-4-5-14-32-23/h1-5,7-14,22H,6,15-18H2,(H,32,33)(H,36,37)(H2,34,35,40). The molecule has 1 unspecified atom stereocenters. The number of amides is 3. The summed E-state index contributed by atoms with van der Waals surface area (Å²) in [7, 11) is 0. The lowest BCUT2D eigenvalue weighted by atomic mass is 9.99. The second-order valence-electron chi connectivity index (χ2n) is 8.68. The maximum Gasteiger partial charge on any atom is 0.491 e. The molecule has 0 saturated carbocycles. The largest absolute Gasteiger partial charge is 0.491 e. The summed E-state index contributed by atoms with van der Waals surface area (Å²) in [5, 5.41) is 10.5. The summed E-state index contributed by atoms with van der Waals surface area (Å²) >= 11 is 0. The van der Waals surface area contributed by atoms with Gasteiger partial charge in [0.05, 0.1) is 19.0 Å². The number of nitrogens with one attached hydrogen (secondary N) is 4. The number of carbonyl (C=O) groups excluding carboxylic acids is 4. The van der Waals surface area contributed by atoms with Gasteiger partial charge in [-0.1, -0.05) is 60.7 Å². The van der Waals surface area contributed by atoms with Crippen molar-refractivity contribution < 1.29 is 37.1 Å². The van der Waals surface area contributed by atoms with Gasteiger partial charge in [-0.05, 0) is 35.2 Å². The molecule has 1 aromatic heterocycles. The summed E-state index contributed by atoms with van der Waals surface area (Å²) < 4.78 is 41.5. The van der Waals surface area contributed by atoms with Gasteiger partial charge in [0, 0.05) is 19.3 Å². The predicted molar refractivity (Wildman–Crippen MR) is 143 cm³/mol. The molecule has 0 bridgehead atoms. The molecule has 2 aromatic carbocycles. The number of benzene rings is 2. The van der Waals surface area contributed by atoms with Crippen molar-refractivity contribution in [3.63, 3.8) is 0 Å². The summed E-state index contributed by atoms with van der Waals surface area (Å²) in [5.41, 5.74) is 2.10. The average Bonchev–Trinajstić information content (AvgIpc) is 2.96. The molecule has 216 valence electrons. The number of urea groups is 1. The fourth-order valence-corrected chi connectivity index (χ4v) is 3.60. The number of hydrogen-bond donors (Lipinski definition) is 4. The van der Waals surface area contributed by atoms with E-state index < -0.39 is 49.1 Å². The predicted octanol–water partition coefficient (Wildman–Crippen LogP) is 3.73. The first-order chi connectivity index (χ1) is 19.6. The molecule has 10 nitrogen and oxygen atoms in total. The van der Waals surface area contributed by atoms with E-state index in [4.69, 9.17) is 0 Å². The number of ether oxygens (including phenoxy) is 1. The molecule has 0 saturated heterocycles. The van der Waals surface area contributed by atoms with E-state index in [0.717, 1.165) is 11.1 Å². The van der Waals surface area contributed by atoms with Crippen LogP contribution in [0.3, 0.4) is 0 Å². The van der Waals surface area contributed by atoms with Crippen molar-refractivity contribution in [2.45, 2.75) is 25.1 Å². The Bertz CT molecular complexity index is 1310. The lowest BCUT2D eigenvalue weighted by Crippen LogP contribution is -2.43. The summed E-state index contributed by atoms with van der Waals surface area (Å²) in [5.74, 6) is -4.15.